The third-order valence-corrected chi connectivity index (χ3v) is 2.73. The van der Waals surface area contributed by atoms with Gasteiger partial charge in [-0.15, -0.1) is 11.6 Å². The van der Waals surface area contributed by atoms with Crippen LogP contribution in [0, 0.1) is 3.70 Å². The molecule has 1 N–H and O–H groups in total. The summed E-state index contributed by atoms with van der Waals surface area (Å²) in [6.45, 7) is 0. The van der Waals surface area contributed by atoms with Crippen molar-refractivity contribution in [3.05, 3.63) is 31.2 Å². The van der Waals surface area contributed by atoms with Gasteiger partial charge in [0.25, 0.3) is 12.0 Å². The van der Waals surface area contributed by atoms with Crippen LogP contribution in [0.15, 0.2) is 10.9 Å². The average molecular weight is 319 g/mol. The van der Waals surface area contributed by atoms with E-state index in [-0.39, 0.29) is 5.88 Å². The van der Waals surface area contributed by atoms with Crippen molar-refractivity contribution in [2.75, 3.05) is 0 Å². The number of hydrogen-bond acceptors (Lipinski definition) is 1. The minimum absolute atomic E-state index is 0.106. The highest BCUT2D eigenvalue weighted by Gasteiger charge is 2.14. The van der Waals surface area contributed by atoms with Crippen molar-refractivity contribution in [3.8, 4) is 0 Å². The van der Waals surface area contributed by atoms with Crippen molar-refractivity contribution in [1.82, 2.24) is 4.98 Å². The Morgan fingerprint density at radius 1 is 1.62 bits per heavy atom. The quantitative estimate of drug-likeness (QED) is 0.507. The van der Waals surface area contributed by atoms with E-state index in [0.29, 0.717) is 9.26 Å². The van der Waals surface area contributed by atoms with Gasteiger partial charge in [0, 0.05) is 5.88 Å². The minimum atomic E-state index is -2.76. The number of aromatic nitrogens is 1. The maximum atomic E-state index is 12.2. The molecular weight excluding hydrogens is 314 g/mol. The number of hydrogen-bond donors (Lipinski definition) is 1. The molecule has 72 valence electrons. The van der Waals surface area contributed by atoms with Crippen molar-refractivity contribution in [2.45, 2.75) is 12.3 Å². The van der Waals surface area contributed by atoms with E-state index < -0.39 is 17.5 Å². The number of nitrogens with one attached hydrogen (secondary N) is 1. The predicted molar refractivity (Wildman–Crippen MR) is 54.3 cm³/mol. The van der Waals surface area contributed by atoms with E-state index in [1.807, 2.05) is 22.6 Å². The fraction of sp³-hybridized carbons (Fsp3) is 0.286. The molecule has 0 atom stereocenters. The van der Waals surface area contributed by atoms with Gasteiger partial charge in [-0.2, -0.15) is 0 Å². The smallest absolute Gasteiger partial charge is 0.269 e. The Hall–Kier alpha value is -0.170. The molecule has 0 aliphatic carbocycles. The van der Waals surface area contributed by atoms with Crippen LogP contribution in [-0.2, 0) is 5.88 Å². The summed E-state index contributed by atoms with van der Waals surface area (Å²) >= 11 is 7.33. The van der Waals surface area contributed by atoms with Crippen LogP contribution in [0.1, 0.15) is 17.6 Å². The SMILES string of the molecule is O=c1[nH]c(I)c(CCl)cc1C(F)F. The summed E-state index contributed by atoms with van der Waals surface area (Å²) in [7, 11) is 0. The molecule has 2 nitrogen and oxygen atoms in total. The Morgan fingerprint density at radius 2 is 2.23 bits per heavy atom. The van der Waals surface area contributed by atoms with Crippen LogP contribution < -0.4 is 5.56 Å². The van der Waals surface area contributed by atoms with Crippen LogP contribution in [0.4, 0.5) is 8.78 Å². The monoisotopic (exact) mass is 319 g/mol. The van der Waals surface area contributed by atoms with E-state index in [1.54, 1.807) is 0 Å². The Balaban J connectivity index is 3.31. The molecule has 0 spiro atoms. The van der Waals surface area contributed by atoms with Crippen LogP contribution in [0.5, 0.6) is 0 Å². The molecule has 0 amide bonds. The van der Waals surface area contributed by atoms with E-state index in [0.717, 1.165) is 6.07 Å². The first-order valence-electron chi connectivity index (χ1n) is 3.32. The molecule has 1 rings (SSSR count). The summed E-state index contributed by atoms with van der Waals surface area (Å²) in [5.74, 6) is 0.106. The van der Waals surface area contributed by atoms with Crippen LogP contribution in [0.2, 0.25) is 0 Å². The second-order valence-corrected chi connectivity index (χ2v) is 3.67. The van der Waals surface area contributed by atoms with Crippen LogP contribution in [-0.4, -0.2) is 4.98 Å². The van der Waals surface area contributed by atoms with Gasteiger partial charge in [0.15, 0.2) is 0 Å². The molecule has 0 unspecified atom stereocenters. The molecule has 0 saturated heterocycles. The molecule has 0 saturated carbocycles. The lowest BCUT2D eigenvalue weighted by molar-refractivity contribution is 0.149. The zero-order valence-electron chi connectivity index (χ0n) is 6.28. The van der Waals surface area contributed by atoms with Gasteiger partial charge in [0.05, 0.1) is 9.26 Å². The standard InChI is InChI=1S/C7H5ClF2INO/c8-2-3-1-4(5(9)10)7(13)12-6(3)11/h1,5H,2H2,(H,12,13). The second-order valence-electron chi connectivity index (χ2n) is 2.33. The summed E-state index contributed by atoms with van der Waals surface area (Å²) in [6.07, 6.45) is -2.76. The molecular formula is C7H5ClF2INO. The van der Waals surface area contributed by atoms with Crippen LogP contribution in [0.3, 0.4) is 0 Å². The topological polar surface area (TPSA) is 32.9 Å². The summed E-state index contributed by atoms with van der Waals surface area (Å²) in [5, 5.41) is 0. The zero-order valence-corrected chi connectivity index (χ0v) is 9.20. The van der Waals surface area contributed by atoms with Gasteiger partial charge in [0.1, 0.15) is 0 Å². The van der Waals surface area contributed by atoms with Gasteiger partial charge in [-0.3, -0.25) is 4.79 Å². The van der Waals surface area contributed by atoms with Gasteiger partial charge in [-0.1, -0.05) is 0 Å². The largest absolute Gasteiger partial charge is 0.317 e. The normalized spacial score (nSPS) is 10.8. The van der Waals surface area contributed by atoms with Gasteiger partial charge in [-0.25, -0.2) is 8.78 Å². The van der Waals surface area contributed by atoms with E-state index >= 15 is 0 Å². The number of rotatable bonds is 2. The molecule has 13 heavy (non-hydrogen) atoms. The van der Waals surface area contributed by atoms with E-state index in [1.165, 1.54) is 0 Å². The Morgan fingerprint density at radius 3 is 2.69 bits per heavy atom. The molecule has 6 heteroatoms. The van der Waals surface area contributed by atoms with Gasteiger partial charge in [0.2, 0.25) is 0 Å². The second kappa shape index (κ2) is 4.36. The molecule has 0 fully saturated rings. The van der Waals surface area contributed by atoms with Crippen molar-refractivity contribution in [1.29, 1.82) is 0 Å². The summed E-state index contributed by atoms with van der Waals surface area (Å²) in [6, 6.07) is 1.14. The van der Waals surface area contributed by atoms with Crippen molar-refractivity contribution >= 4 is 34.2 Å². The summed E-state index contributed by atoms with van der Waals surface area (Å²) in [4.78, 5) is 13.3. The van der Waals surface area contributed by atoms with Gasteiger partial charge >= 0.3 is 0 Å². The Bertz CT molecular complexity index is 366. The molecule has 0 aliphatic heterocycles. The minimum Gasteiger partial charge on any atom is -0.317 e. The Labute approximate surface area is 91.4 Å². The van der Waals surface area contributed by atoms with Gasteiger partial charge < -0.3 is 4.98 Å². The third-order valence-electron chi connectivity index (χ3n) is 1.48. The van der Waals surface area contributed by atoms with Gasteiger partial charge in [-0.05, 0) is 34.2 Å². The lowest BCUT2D eigenvalue weighted by Crippen LogP contribution is -2.15. The number of aromatic amines is 1. The lowest BCUT2D eigenvalue weighted by atomic mass is 10.2. The fourth-order valence-corrected chi connectivity index (χ4v) is 1.86. The van der Waals surface area contributed by atoms with E-state index in [4.69, 9.17) is 11.6 Å². The maximum Gasteiger partial charge on any atom is 0.269 e. The zero-order chi connectivity index (χ0) is 10.0. The van der Waals surface area contributed by atoms with Crippen molar-refractivity contribution < 1.29 is 8.78 Å². The molecule has 0 aromatic carbocycles. The molecule has 0 aliphatic rings. The predicted octanol–water partition coefficient (Wildman–Crippen LogP) is 2.66. The van der Waals surface area contributed by atoms with Crippen LogP contribution >= 0.6 is 34.2 Å². The summed E-state index contributed by atoms with van der Waals surface area (Å²) < 4.78 is 24.9. The van der Waals surface area contributed by atoms with E-state index in [2.05, 4.69) is 4.98 Å². The number of H-pyrrole nitrogens is 1. The Kier molecular flexibility index (Phi) is 3.66. The first kappa shape index (κ1) is 10.9. The number of alkyl halides is 3. The molecule has 1 aromatic rings. The highest BCUT2D eigenvalue weighted by atomic mass is 127. The van der Waals surface area contributed by atoms with Crippen molar-refractivity contribution in [3.63, 3.8) is 0 Å². The fourth-order valence-electron chi connectivity index (χ4n) is 0.828. The maximum absolute atomic E-state index is 12.2. The number of pyridine rings is 1. The van der Waals surface area contributed by atoms with E-state index in [9.17, 15) is 13.6 Å². The first-order chi connectivity index (χ1) is 6.06. The molecule has 0 radical (unpaired) electrons. The molecule has 1 heterocycles. The summed E-state index contributed by atoms with van der Waals surface area (Å²) in [5.41, 5.74) is -0.776. The molecule has 1 aromatic heterocycles. The third kappa shape index (κ3) is 2.40. The lowest BCUT2D eigenvalue weighted by Gasteiger charge is -2.03. The highest BCUT2D eigenvalue weighted by Crippen LogP contribution is 2.18. The highest BCUT2D eigenvalue weighted by molar-refractivity contribution is 14.1. The average Bonchev–Trinajstić information content (AvgIpc) is 2.03. The first-order valence-corrected chi connectivity index (χ1v) is 4.93. The molecule has 0 bridgehead atoms. The van der Waals surface area contributed by atoms with Crippen molar-refractivity contribution in [2.24, 2.45) is 0 Å². The van der Waals surface area contributed by atoms with Crippen LogP contribution in [0.25, 0.3) is 0 Å². The number of halogens is 4.